The van der Waals surface area contributed by atoms with Crippen molar-refractivity contribution in [2.75, 3.05) is 13.7 Å². The molecule has 1 saturated heterocycles. The SMILES string of the molecule is COc1cc(/C=C2\SC(=Nc3ccccc3)N([C@H]3CCCC[C@H]3C)C2=O)cc(Br)c1OCC#N. The molecule has 2 aromatic carbocycles. The van der Waals surface area contributed by atoms with Crippen molar-refractivity contribution in [1.82, 2.24) is 4.90 Å². The summed E-state index contributed by atoms with van der Waals surface area (Å²) >= 11 is 4.91. The van der Waals surface area contributed by atoms with Crippen LogP contribution in [0.15, 0.2) is 56.8 Å². The summed E-state index contributed by atoms with van der Waals surface area (Å²) in [6.07, 6.45) is 6.29. The van der Waals surface area contributed by atoms with Gasteiger partial charge in [0.05, 0.1) is 22.2 Å². The van der Waals surface area contributed by atoms with Crippen LogP contribution in [0.3, 0.4) is 0 Å². The van der Waals surface area contributed by atoms with E-state index >= 15 is 0 Å². The van der Waals surface area contributed by atoms with E-state index in [0.29, 0.717) is 26.8 Å². The van der Waals surface area contributed by atoms with Crippen LogP contribution in [-0.2, 0) is 4.79 Å². The molecule has 34 heavy (non-hydrogen) atoms. The first-order valence-corrected chi connectivity index (χ1v) is 12.9. The first-order chi connectivity index (χ1) is 16.5. The summed E-state index contributed by atoms with van der Waals surface area (Å²) in [7, 11) is 1.55. The van der Waals surface area contributed by atoms with E-state index < -0.39 is 0 Å². The van der Waals surface area contributed by atoms with E-state index in [1.807, 2.05) is 53.4 Å². The Hall–Kier alpha value is -2.76. The fraction of sp³-hybridized carbons (Fsp3) is 0.346. The lowest BCUT2D eigenvalue weighted by Crippen LogP contribution is -2.44. The highest BCUT2D eigenvalue weighted by Gasteiger charge is 2.41. The van der Waals surface area contributed by atoms with Crippen molar-refractivity contribution in [3.8, 4) is 17.6 Å². The van der Waals surface area contributed by atoms with Gasteiger partial charge in [-0.1, -0.05) is 38.0 Å². The zero-order chi connectivity index (χ0) is 24.1. The molecule has 1 aliphatic heterocycles. The number of nitrogens with zero attached hydrogens (tertiary/aromatic N) is 3. The number of para-hydroxylation sites is 1. The summed E-state index contributed by atoms with van der Waals surface area (Å²) in [5.74, 6) is 1.35. The molecule has 2 aliphatic rings. The number of rotatable bonds is 6. The Balaban J connectivity index is 1.71. The summed E-state index contributed by atoms with van der Waals surface area (Å²) in [5, 5.41) is 9.56. The number of thioether (sulfide) groups is 1. The highest BCUT2D eigenvalue weighted by Crippen LogP contribution is 2.42. The van der Waals surface area contributed by atoms with Gasteiger partial charge in [0.1, 0.15) is 6.07 Å². The maximum atomic E-state index is 13.7. The zero-order valence-corrected chi connectivity index (χ0v) is 21.6. The van der Waals surface area contributed by atoms with Crippen LogP contribution in [0.4, 0.5) is 5.69 Å². The van der Waals surface area contributed by atoms with Crippen molar-refractivity contribution in [3.63, 3.8) is 0 Å². The second kappa shape index (κ2) is 11.1. The minimum absolute atomic E-state index is 0.0154. The van der Waals surface area contributed by atoms with Crippen molar-refractivity contribution in [3.05, 3.63) is 57.4 Å². The minimum atomic E-state index is -0.0857. The van der Waals surface area contributed by atoms with Crippen molar-refractivity contribution >= 4 is 50.5 Å². The van der Waals surface area contributed by atoms with Crippen LogP contribution >= 0.6 is 27.7 Å². The molecule has 0 aromatic heterocycles. The molecule has 176 valence electrons. The lowest BCUT2D eigenvalue weighted by atomic mass is 9.85. The first-order valence-electron chi connectivity index (χ1n) is 11.3. The van der Waals surface area contributed by atoms with Gasteiger partial charge in [-0.3, -0.25) is 9.69 Å². The van der Waals surface area contributed by atoms with Crippen molar-refractivity contribution in [2.24, 2.45) is 10.9 Å². The van der Waals surface area contributed by atoms with Crippen LogP contribution in [0, 0.1) is 17.2 Å². The predicted octanol–water partition coefficient (Wildman–Crippen LogP) is 6.54. The number of carbonyl (C=O) groups excluding carboxylic acids is 1. The molecule has 6 nitrogen and oxygen atoms in total. The highest BCUT2D eigenvalue weighted by molar-refractivity contribution is 9.10. The highest BCUT2D eigenvalue weighted by atomic mass is 79.9. The summed E-state index contributed by atoms with van der Waals surface area (Å²) in [6, 6.07) is 15.5. The number of halogens is 1. The maximum Gasteiger partial charge on any atom is 0.267 e. The van der Waals surface area contributed by atoms with Gasteiger partial charge in [0.15, 0.2) is 23.3 Å². The van der Waals surface area contributed by atoms with Crippen molar-refractivity contribution in [2.45, 2.75) is 38.6 Å². The van der Waals surface area contributed by atoms with Crippen LogP contribution < -0.4 is 9.47 Å². The van der Waals surface area contributed by atoms with Gasteiger partial charge >= 0.3 is 0 Å². The van der Waals surface area contributed by atoms with Gasteiger partial charge in [0.25, 0.3) is 5.91 Å². The zero-order valence-electron chi connectivity index (χ0n) is 19.2. The number of benzene rings is 2. The third-order valence-corrected chi connectivity index (χ3v) is 7.62. The van der Waals surface area contributed by atoms with Gasteiger partial charge in [0, 0.05) is 6.04 Å². The fourth-order valence-corrected chi connectivity index (χ4v) is 5.99. The topological polar surface area (TPSA) is 74.9 Å². The van der Waals surface area contributed by atoms with Crippen LogP contribution in [0.5, 0.6) is 11.5 Å². The Morgan fingerprint density at radius 3 is 2.74 bits per heavy atom. The van der Waals surface area contributed by atoms with Gasteiger partial charge in [-0.15, -0.1) is 0 Å². The molecule has 0 spiro atoms. The minimum Gasteiger partial charge on any atom is -0.493 e. The average molecular weight is 540 g/mol. The number of nitriles is 1. The normalized spacial score (nSPS) is 22.8. The van der Waals surface area contributed by atoms with E-state index in [9.17, 15) is 4.79 Å². The Kier molecular flexibility index (Phi) is 7.96. The van der Waals surface area contributed by atoms with Crippen molar-refractivity contribution in [1.29, 1.82) is 5.26 Å². The molecule has 0 N–H and O–H groups in total. The van der Waals surface area contributed by atoms with E-state index in [1.54, 1.807) is 13.2 Å². The fourth-order valence-electron chi connectivity index (χ4n) is 4.37. The molecule has 2 atom stereocenters. The summed E-state index contributed by atoms with van der Waals surface area (Å²) in [5.41, 5.74) is 1.62. The maximum absolute atomic E-state index is 13.7. The van der Waals surface area contributed by atoms with Gasteiger partial charge in [0.2, 0.25) is 0 Å². The number of aliphatic imine (C=N–C) groups is 1. The largest absolute Gasteiger partial charge is 0.493 e. The number of amidine groups is 1. The standard InChI is InChI=1S/C26H26BrN3O3S/c1-17-8-6-7-11-21(17)30-25(31)23(34-26(30)29-19-9-4-3-5-10-19)16-18-14-20(27)24(33-13-12-28)22(15-18)32-2/h3-5,9-10,14-17,21H,6-8,11,13H2,1-2H3/b23-16-,29-26?/t17-,21+/m1/s1. The molecule has 0 bridgehead atoms. The smallest absolute Gasteiger partial charge is 0.267 e. The second-order valence-corrected chi connectivity index (χ2v) is 10.2. The molecule has 2 aromatic rings. The Morgan fingerprint density at radius 2 is 2.03 bits per heavy atom. The van der Waals surface area contributed by atoms with Gasteiger partial charge in [-0.2, -0.15) is 5.26 Å². The summed E-state index contributed by atoms with van der Waals surface area (Å²) < 4.78 is 11.6. The molecule has 1 aliphatic carbocycles. The number of methoxy groups -OCH3 is 1. The molecule has 0 radical (unpaired) electrons. The molecule has 4 rings (SSSR count). The van der Waals surface area contributed by atoms with E-state index in [-0.39, 0.29) is 18.6 Å². The number of ether oxygens (including phenoxy) is 2. The lowest BCUT2D eigenvalue weighted by molar-refractivity contribution is -0.124. The number of hydrogen-bond acceptors (Lipinski definition) is 6. The van der Waals surface area contributed by atoms with Gasteiger partial charge in [-0.05, 0) is 82.4 Å². The van der Waals surface area contributed by atoms with E-state index in [2.05, 4.69) is 22.9 Å². The second-order valence-electron chi connectivity index (χ2n) is 8.33. The molecular formula is C26H26BrN3O3S. The molecule has 1 heterocycles. The van der Waals surface area contributed by atoms with Crippen LogP contribution in [0.25, 0.3) is 6.08 Å². The monoisotopic (exact) mass is 539 g/mol. The molecule has 0 unspecified atom stereocenters. The average Bonchev–Trinajstić information content (AvgIpc) is 3.13. The Bertz CT molecular complexity index is 1160. The van der Waals surface area contributed by atoms with Gasteiger partial charge < -0.3 is 9.47 Å². The number of hydrogen-bond donors (Lipinski definition) is 0. The third-order valence-electron chi connectivity index (χ3n) is 6.05. The lowest BCUT2D eigenvalue weighted by Gasteiger charge is -2.35. The van der Waals surface area contributed by atoms with Crippen LogP contribution in [-0.4, -0.2) is 35.7 Å². The molecular weight excluding hydrogens is 514 g/mol. The quantitative estimate of drug-likeness (QED) is 0.389. The van der Waals surface area contributed by atoms with Crippen molar-refractivity contribution < 1.29 is 14.3 Å². The number of carbonyl (C=O) groups is 1. The molecule has 2 fully saturated rings. The predicted molar refractivity (Wildman–Crippen MR) is 139 cm³/mol. The third kappa shape index (κ3) is 5.31. The Labute approximate surface area is 212 Å². The molecule has 1 saturated carbocycles. The van der Waals surface area contributed by atoms with E-state index in [0.717, 1.165) is 35.7 Å². The summed E-state index contributed by atoms with van der Waals surface area (Å²) in [4.78, 5) is 21.0. The van der Waals surface area contributed by atoms with E-state index in [1.165, 1.54) is 18.2 Å². The summed E-state index contributed by atoms with van der Waals surface area (Å²) in [6.45, 7) is 2.14. The Morgan fingerprint density at radius 1 is 1.26 bits per heavy atom. The molecule has 8 heteroatoms. The van der Waals surface area contributed by atoms with E-state index in [4.69, 9.17) is 19.7 Å². The first kappa shape index (κ1) is 24.4. The van der Waals surface area contributed by atoms with Crippen LogP contribution in [0.2, 0.25) is 0 Å². The number of amides is 1. The molecule has 1 amide bonds. The van der Waals surface area contributed by atoms with Gasteiger partial charge in [-0.25, -0.2) is 4.99 Å². The van der Waals surface area contributed by atoms with Crippen LogP contribution in [0.1, 0.15) is 38.2 Å².